The molecule has 1 fully saturated rings. The van der Waals surface area contributed by atoms with Crippen LogP contribution in [-0.4, -0.2) is 36.1 Å². The molecule has 1 aromatic rings. The molecule has 7 nitrogen and oxygen atoms in total. The Hall–Kier alpha value is -1.80. The number of carbonyl (C=O) groups is 2. The van der Waals surface area contributed by atoms with Crippen LogP contribution in [0, 0.1) is 0 Å². The third kappa shape index (κ3) is 2.49. The minimum Gasteiger partial charge on any atom is -0.397 e. The van der Waals surface area contributed by atoms with Gasteiger partial charge in [0.2, 0.25) is 0 Å². The van der Waals surface area contributed by atoms with E-state index in [2.05, 4.69) is 0 Å². The van der Waals surface area contributed by atoms with Gasteiger partial charge in [0.1, 0.15) is 9.88 Å². The first-order chi connectivity index (χ1) is 8.91. The van der Waals surface area contributed by atoms with Gasteiger partial charge in [-0.25, -0.2) is 0 Å². The minimum absolute atomic E-state index is 0.0473. The zero-order valence-corrected chi connectivity index (χ0v) is 11.1. The van der Waals surface area contributed by atoms with E-state index in [9.17, 15) is 14.7 Å². The summed E-state index contributed by atoms with van der Waals surface area (Å²) in [5.41, 5.74) is 16.5. The second-order valence-electron chi connectivity index (χ2n) is 4.47. The number of thiophene rings is 1. The molecule has 1 aliphatic heterocycles. The SMILES string of the molecule is NC(=O)c1sc(N2CCC(O)CC2)c(C(N)=O)c1N. The van der Waals surface area contributed by atoms with Crippen LogP contribution in [0.25, 0.3) is 0 Å². The van der Waals surface area contributed by atoms with Crippen LogP contribution in [0.1, 0.15) is 32.9 Å². The Kier molecular flexibility index (Phi) is 3.63. The largest absolute Gasteiger partial charge is 0.397 e. The molecule has 7 N–H and O–H groups in total. The molecule has 2 rings (SSSR count). The van der Waals surface area contributed by atoms with Crippen molar-refractivity contribution in [2.24, 2.45) is 11.5 Å². The number of primary amides is 2. The summed E-state index contributed by atoms with van der Waals surface area (Å²) in [5.74, 6) is -1.35. The molecule has 0 atom stereocenters. The molecule has 0 radical (unpaired) electrons. The summed E-state index contributed by atoms with van der Waals surface area (Å²) in [4.78, 5) is 24.8. The smallest absolute Gasteiger partial charge is 0.260 e. The molecule has 0 unspecified atom stereocenters. The van der Waals surface area contributed by atoms with Gasteiger partial charge in [0.25, 0.3) is 11.8 Å². The van der Waals surface area contributed by atoms with Gasteiger partial charge in [-0.3, -0.25) is 9.59 Å². The van der Waals surface area contributed by atoms with Gasteiger partial charge in [-0.1, -0.05) is 0 Å². The Bertz CT molecular complexity index is 520. The van der Waals surface area contributed by atoms with Gasteiger partial charge in [-0.2, -0.15) is 0 Å². The second kappa shape index (κ2) is 5.06. The van der Waals surface area contributed by atoms with Gasteiger partial charge in [-0.05, 0) is 12.8 Å². The van der Waals surface area contributed by atoms with Crippen molar-refractivity contribution in [2.75, 3.05) is 23.7 Å². The molecule has 1 saturated heterocycles. The number of hydrogen-bond donors (Lipinski definition) is 4. The summed E-state index contributed by atoms with van der Waals surface area (Å²) < 4.78 is 0. The van der Waals surface area contributed by atoms with Gasteiger partial charge in [0.15, 0.2) is 0 Å². The fraction of sp³-hybridized carbons (Fsp3) is 0.455. The Morgan fingerprint density at radius 2 is 1.79 bits per heavy atom. The van der Waals surface area contributed by atoms with E-state index in [0.29, 0.717) is 30.9 Å². The number of piperidine rings is 1. The van der Waals surface area contributed by atoms with Crippen molar-refractivity contribution in [3.8, 4) is 0 Å². The molecule has 2 heterocycles. The molecule has 19 heavy (non-hydrogen) atoms. The average Bonchev–Trinajstić information content (AvgIpc) is 2.68. The topological polar surface area (TPSA) is 136 Å². The third-order valence-electron chi connectivity index (χ3n) is 3.15. The van der Waals surface area contributed by atoms with Gasteiger partial charge in [-0.15, -0.1) is 11.3 Å². The van der Waals surface area contributed by atoms with Crippen LogP contribution < -0.4 is 22.1 Å². The first-order valence-corrected chi connectivity index (χ1v) is 6.68. The number of nitrogens with zero attached hydrogens (tertiary/aromatic N) is 1. The highest BCUT2D eigenvalue weighted by Crippen LogP contribution is 2.38. The first-order valence-electron chi connectivity index (χ1n) is 5.86. The Labute approximate surface area is 114 Å². The van der Waals surface area contributed by atoms with Crippen LogP contribution in [-0.2, 0) is 0 Å². The maximum Gasteiger partial charge on any atom is 0.260 e. The van der Waals surface area contributed by atoms with Crippen molar-refractivity contribution in [3.05, 3.63) is 10.4 Å². The lowest BCUT2D eigenvalue weighted by Crippen LogP contribution is -2.36. The van der Waals surface area contributed by atoms with E-state index in [1.807, 2.05) is 4.90 Å². The number of nitrogen functional groups attached to an aromatic ring is 1. The molecule has 1 aliphatic rings. The molecule has 0 aliphatic carbocycles. The lowest BCUT2D eigenvalue weighted by molar-refractivity contribution is 0.0999. The number of rotatable bonds is 3. The number of aliphatic hydroxyl groups is 1. The van der Waals surface area contributed by atoms with Gasteiger partial charge in [0.05, 0.1) is 17.4 Å². The molecule has 0 bridgehead atoms. The minimum atomic E-state index is -0.678. The number of nitrogens with two attached hydrogens (primary N) is 3. The van der Waals surface area contributed by atoms with E-state index in [0.717, 1.165) is 11.3 Å². The number of hydrogen-bond acceptors (Lipinski definition) is 6. The third-order valence-corrected chi connectivity index (χ3v) is 4.43. The van der Waals surface area contributed by atoms with E-state index in [1.54, 1.807) is 0 Å². The van der Waals surface area contributed by atoms with Crippen molar-refractivity contribution < 1.29 is 14.7 Å². The summed E-state index contributed by atoms with van der Waals surface area (Å²) >= 11 is 1.07. The molecule has 1 aromatic heterocycles. The fourth-order valence-corrected chi connectivity index (χ4v) is 3.27. The van der Waals surface area contributed by atoms with E-state index >= 15 is 0 Å². The summed E-state index contributed by atoms with van der Waals surface area (Å²) in [6.45, 7) is 1.17. The molecule has 0 aromatic carbocycles. The van der Waals surface area contributed by atoms with Crippen molar-refractivity contribution in [3.63, 3.8) is 0 Å². The molecule has 2 amide bonds. The lowest BCUT2D eigenvalue weighted by atomic mass is 10.1. The predicted octanol–water partition coefficient (Wildman–Crippen LogP) is -0.511. The van der Waals surface area contributed by atoms with Gasteiger partial charge >= 0.3 is 0 Å². The Morgan fingerprint density at radius 1 is 1.21 bits per heavy atom. The van der Waals surface area contributed by atoms with E-state index in [4.69, 9.17) is 17.2 Å². The predicted molar refractivity (Wildman–Crippen MR) is 73.2 cm³/mol. The van der Waals surface area contributed by atoms with Gasteiger partial charge < -0.3 is 27.2 Å². The lowest BCUT2D eigenvalue weighted by Gasteiger charge is -2.30. The highest BCUT2D eigenvalue weighted by Gasteiger charge is 2.28. The fourth-order valence-electron chi connectivity index (χ4n) is 2.14. The molecule has 0 spiro atoms. The van der Waals surface area contributed by atoms with Crippen LogP contribution in [0.3, 0.4) is 0 Å². The van der Waals surface area contributed by atoms with E-state index < -0.39 is 11.8 Å². The quantitative estimate of drug-likeness (QED) is 0.592. The Morgan fingerprint density at radius 3 is 2.26 bits per heavy atom. The van der Waals surface area contributed by atoms with Crippen LogP contribution >= 0.6 is 11.3 Å². The number of anilines is 2. The first kappa shape index (κ1) is 13.6. The molecule has 0 saturated carbocycles. The maximum atomic E-state index is 11.5. The normalized spacial score (nSPS) is 16.6. The second-order valence-corrected chi connectivity index (χ2v) is 5.47. The summed E-state index contributed by atoms with van der Waals surface area (Å²) in [6, 6.07) is 0. The summed E-state index contributed by atoms with van der Waals surface area (Å²) in [6.07, 6.45) is 0.866. The summed E-state index contributed by atoms with van der Waals surface area (Å²) in [5, 5.41) is 10.0. The monoisotopic (exact) mass is 284 g/mol. The average molecular weight is 284 g/mol. The number of carbonyl (C=O) groups excluding carboxylic acids is 2. The molecule has 104 valence electrons. The molecule has 8 heteroatoms. The van der Waals surface area contributed by atoms with Crippen molar-refractivity contribution in [1.82, 2.24) is 0 Å². The van der Waals surface area contributed by atoms with E-state index in [1.165, 1.54) is 0 Å². The number of amides is 2. The zero-order valence-electron chi connectivity index (χ0n) is 10.3. The van der Waals surface area contributed by atoms with Crippen molar-refractivity contribution >= 4 is 33.8 Å². The van der Waals surface area contributed by atoms with Crippen molar-refractivity contribution in [2.45, 2.75) is 18.9 Å². The van der Waals surface area contributed by atoms with Crippen LogP contribution in [0.5, 0.6) is 0 Å². The standard InChI is InChI=1S/C11H16N4O3S/c12-7-6(9(13)17)11(19-8(7)10(14)18)15-3-1-5(16)2-4-15/h5,16H,1-4,12H2,(H2,13,17)(H2,14,18). The maximum absolute atomic E-state index is 11.5. The number of aliphatic hydroxyl groups excluding tert-OH is 1. The Balaban J connectivity index is 2.41. The molecular formula is C11H16N4O3S. The van der Waals surface area contributed by atoms with Crippen LogP contribution in [0.4, 0.5) is 10.7 Å². The molecular weight excluding hydrogens is 268 g/mol. The van der Waals surface area contributed by atoms with Crippen LogP contribution in [0.2, 0.25) is 0 Å². The van der Waals surface area contributed by atoms with Gasteiger partial charge in [0, 0.05) is 13.1 Å². The van der Waals surface area contributed by atoms with Crippen molar-refractivity contribution in [1.29, 1.82) is 0 Å². The summed E-state index contributed by atoms with van der Waals surface area (Å²) in [7, 11) is 0. The zero-order chi connectivity index (χ0) is 14.2. The highest BCUT2D eigenvalue weighted by molar-refractivity contribution is 7.19. The van der Waals surface area contributed by atoms with Crippen LogP contribution in [0.15, 0.2) is 0 Å². The highest BCUT2D eigenvalue weighted by atomic mass is 32.1. The van der Waals surface area contributed by atoms with E-state index in [-0.39, 0.29) is 22.2 Å².